The summed E-state index contributed by atoms with van der Waals surface area (Å²) in [4.78, 5) is 14.0. The zero-order valence-electron chi connectivity index (χ0n) is 10.5. The highest BCUT2D eigenvalue weighted by atomic mass is 35.5. The van der Waals surface area contributed by atoms with Crippen molar-refractivity contribution in [3.63, 3.8) is 0 Å². The number of carbonyl (C=O) groups is 1. The van der Waals surface area contributed by atoms with Crippen LogP contribution in [0.1, 0.15) is 36.5 Å². The van der Waals surface area contributed by atoms with Crippen molar-refractivity contribution in [3.05, 3.63) is 34.6 Å². The van der Waals surface area contributed by atoms with Gasteiger partial charge in [-0.3, -0.25) is 4.79 Å². The van der Waals surface area contributed by atoms with E-state index in [9.17, 15) is 9.18 Å². The van der Waals surface area contributed by atoms with E-state index in [1.807, 2.05) is 6.92 Å². The highest BCUT2D eigenvalue weighted by molar-refractivity contribution is 6.31. The molecule has 0 atom stereocenters. The molecule has 2 nitrogen and oxygen atoms in total. The summed E-state index contributed by atoms with van der Waals surface area (Å²) >= 11 is 5.82. The highest BCUT2D eigenvalue weighted by Gasteiger charge is 2.27. The quantitative estimate of drug-likeness (QED) is 0.797. The minimum atomic E-state index is -0.499. The van der Waals surface area contributed by atoms with Crippen LogP contribution in [0.2, 0.25) is 5.02 Å². The van der Waals surface area contributed by atoms with Gasteiger partial charge in [0.2, 0.25) is 0 Å². The molecule has 4 heteroatoms. The van der Waals surface area contributed by atoms with E-state index in [0.717, 1.165) is 13.0 Å². The Balaban J connectivity index is 2.17. The third kappa shape index (κ3) is 3.22. The first kappa shape index (κ1) is 13.3. The highest BCUT2D eigenvalue weighted by Crippen LogP contribution is 2.30. The minimum absolute atomic E-state index is 0.0802. The van der Waals surface area contributed by atoms with Crippen molar-refractivity contribution in [1.29, 1.82) is 0 Å². The van der Waals surface area contributed by atoms with E-state index >= 15 is 0 Å². The lowest BCUT2D eigenvalue weighted by Crippen LogP contribution is -2.34. The van der Waals surface area contributed by atoms with Crippen LogP contribution >= 0.6 is 11.6 Å². The molecule has 0 saturated heterocycles. The van der Waals surface area contributed by atoms with E-state index in [4.69, 9.17) is 11.6 Å². The molecule has 0 radical (unpaired) electrons. The van der Waals surface area contributed by atoms with E-state index in [1.165, 1.54) is 31.0 Å². The summed E-state index contributed by atoms with van der Waals surface area (Å²) in [6.07, 6.45) is 3.22. The van der Waals surface area contributed by atoms with Gasteiger partial charge in [-0.2, -0.15) is 0 Å². The molecule has 18 heavy (non-hydrogen) atoms. The average molecular weight is 270 g/mol. The second kappa shape index (κ2) is 5.70. The van der Waals surface area contributed by atoms with Crippen LogP contribution in [0.3, 0.4) is 0 Å². The van der Waals surface area contributed by atoms with Gasteiger partial charge in [0.25, 0.3) is 5.91 Å². The standard InChI is InChI=1S/C14H17ClFNO/c1-2-7-17(9-10-3-4-10)14(18)12-8-11(15)5-6-13(12)16/h5-6,8,10H,2-4,7,9H2,1H3. The van der Waals surface area contributed by atoms with Gasteiger partial charge in [0, 0.05) is 18.1 Å². The molecule has 1 fully saturated rings. The van der Waals surface area contributed by atoms with Gasteiger partial charge in [-0.1, -0.05) is 18.5 Å². The Morgan fingerprint density at radius 1 is 1.50 bits per heavy atom. The first-order chi connectivity index (χ1) is 8.61. The molecule has 1 amide bonds. The van der Waals surface area contributed by atoms with Gasteiger partial charge in [0.05, 0.1) is 5.56 Å². The van der Waals surface area contributed by atoms with Gasteiger partial charge in [-0.05, 0) is 43.4 Å². The molecular weight excluding hydrogens is 253 g/mol. The summed E-state index contributed by atoms with van der Waals surface area (Å²) < 4.78 is 13.7. The fourth-order valence-electron chi connectivity index (χ4n) is 1.99. The Hall–Kier alpha value is -1.09. The maximum Gasteiger partial charge on any atom is 0.256 e. The molecule has 1 saturated carbocycles. The van der Waals surface area contributed by atoms with Gasteiger partial charge >= 0.3 is 0 Å². The number of hydrogen-bond acceptors (Lipinski definition) is 1. The van der Waals surface area contributed by atoms with Crippen LogP contribution in [-0.2, 0) is 0 Å². The molecule has 0 bridgehead atoms. The smallest absolute Gasteiger partial charge is 0.256 e. The largest absolute Gasteiger partial charge is 0.338 e. The van der Waals surface area contributed by atoms with E-state index < -0.39 is 5.82 Å². The van der Waals surface area contributed by atoms with Crippen molar-refractivity contribution in [2.24, 2.45) is 5.92 Å². The Morgan fingerprint density at radius 2 is 2.22 bits per heavy atom. The van der Waals surface area contributed by atoms with Crippen molar-refractivity contribution in [2.75, 3.05) is 13.1 Å². The number of hydrogen-bond donors (Lipinski definition) is 0. The van der Waals surface area contributed by atoms with Gasteiger partial charge in [0.15, 0.2) is 0 Å². The number of rotatable bonds is 5. The van der Waals surface area contributed by atoms with Crippen LogP contribution in [0.15, 0.2) is 18.2 Å². The lowest BCUT2D eigenvalue weighted by molar-refractivity contribution is 0.0743. The predicted octanol–water partition coefficient (Wildman–Crippen LogP) is 3.74. The number of nitrogens with zero attached hydrogens (tertiary/aromatic N) is 1. The zero-order chi connectivity index (χ0) is 13.1. The number of carbonyl (C=O) groups excluding carboxylic acids is 1. The second-order valence-corrected chi connectivity index (χ2v) is 5.26. The molecule has 1 aliphatic carbocycles. The zero-order valence-corrected chi connectivity index (χ0v) is 11.2. The monoisotopic (exact) mass is 269 g/mol. The van der Waals surface area contributed by atoms with E-state index in [1.54, 1.807) is 4.90 Å². The molecule has 0 N–H and O–H groups in total. The Labute approximate surface area is 112 Å². The van der Waals surface area contributed by atoms with Gasteiger partial charge in [-0.25, -0.2) is 4.39 Å². The number of benzene rings is 1. The third-order valence-electron chi connectivity index (χ3n) is 3.12. The summed E-state index contributed by atoms with van der Waals surface area (Å²) in [6, 6.07) is 4.12. The second-order valence-electron chi connectivity index (χ2n) is 4.82. The molecule has 0 spiro atoms. The molecule has 0 heterocycles. The lowest BCUT2D eigenvalue weighted by Gasteiger charge is -2.22. The first-order valence-corrected chi connectivity index (χ1v) is 6.74. The van der Waals surface area contributed by atoms with Crippen LogP contribution in [0.25, 0.3) is 0 Å². The minimum Gasteiger partial charge on any atom is -0.338 e. The molecular formula is C14H17ClFNO. The Kier molecular flexibility index (Phi) is 4.23. The summed E-state index contributed by atoms with van der Waals surface area (Å²) in [5.74, 6) is -0.146. The summed E-state index contributed by atoms with van der Waals surface area (Å²) in [7, 11) is 0. The van der Waals surface area contributed by atoms with Crippen molar-refractivity contribution >= 4 is 17.5 Å². The van der Waals surface area contributed by atoms with Crippen molar-refractivity contribution < 1.29 is 9.18 Å². The van der Waals surface area contributed by atoms with Gasteiger partial charge in [-0.15, -0.1) is 0 Å². The predicted molar refractivity (Wildman–Crippen MR) is 70.3 cm³/mol. The maximum atomic E-state index is 13.7. The van der Waals surface area contributed by atoms with Crippen LogP contribution < -0.4 is 0 Å². The van der Waals surface area contributed by atoms with Gasteiger partial charge in [0.1, 0.15) is 5.82 Å². The molecule has 0 aromatic heterocycles. The van der Waals surface area contributed by atoms with E-state index in [0.29, 0.717) is 17.5 Å². The summed E-state index contributed by atoms with van der Waals surface area (Å²) in [5.41, 5.74) is 0.0802. The molecule has 1 aliphatic rings. The Bertz CT molecular complexity index is 445. The SMILES string of the molecule is CCCN(CC1CC1)C(=O)c1cc(Cl)ccc1F. The number of amides is 1. The molecule has 98 valence electrons. The van der Waals surface area contributed by atoms with E-state index in [-0.39, 0.29) is 11.5 Å². The molecule has 0 aliphatic heterocycles. The van der Waals surface area contributed by atoms with Crippen LogP contribution in [-0.4, -0.2) is 23.9 Å². The lowest BCUT2D eigenvalue weighted by atomic mass is 10.1. The van der Waals surface area contributed by atoms with Crippen LogP contribution in [0.5, 0.6) is 0 Å². The molecule has 2 rings (SSSR count). The molecule has 1 aromatic rings. The molecule has 0 unspecified atom stereocenters. The normalized spacial score (nSPS) is 14.6. The fraction of sp³-hybridized carbons (Fsp3) is 0.500. The third-order valence-corrected chi connectivity index (χ3v) is 3.35. The van der Waals surface area contributed by atoms with Crippen LogP contribution in [0.4, 0.5) is 4.39 Å². The topological polar surface area (TPSA) is 20.3 Å². The van der Waals surface area contributed by atoms with Gasteiger partial charge < -0.3 is 4.90 Å². The maximum absolute atomic E-state index is 13.7. The fourth-order valence-corrected chi connectivity index (χ4v) is 2.16. The van der Waals surface area contributed by atoms with Crippen LogP contribution in [0, 0.1) is 11.7 Å². The van der Waals surface area contributed by atoms with Crippen molar-refractivity contribution in [2.45, 2.75) is 26.2 Å². The Morgan fingerprint density at radius 3 is 2.83 bits per heavy atom. The molecule has 1 aromatic carbocycles. The van der Waals surface area contributed by atoms with Crippen molar-refractivity contribution in [3.8, 4) is 0 Å². The van der Waals surface area contributed by atoms with E-state index in [2.05, 4.69) is 0 Å². The first-order valence-electron chi connectivity index (χ1n) is 6.36. The number of halogens is 2. The average Bonchev–Trinajstić information content (AvgIpc) is 3.15. The summed E-state index contributed by atoms with van der Waals surface area (Å²) in [5, 5.41) is 0.391. The summed E-state index contributed by atoms with van der Waals surface area (Å²) in [6.45, 7) is 3.42. The van der Waals surface area contributed by atoms with Crippen molar-refractivity contribution in [1.82, 2.24) is 4.90 Å².